The van der Waals surface area contributed by atoms with Crippen molar-refractivity contribution in [2.45, 2.75) is 39.7 Å². The average Bonchev–Trinajstić information content (AvgIpc) is 2.22. The highest BCUT2D eigenvalue weighted by Crippen LogP contribution is 2.61. The normalized spacial score (nSPS) is 52.0. The molecule has 1 saturated carbocycles. The van der Waals surface area contributed by atoms with E-state index in [1.807, 2.05) is 13.8 Å². The first kappa shape index (κ1) is 7.07. The van der Waals surface area contributed by atoms with Crippen molar-refractivity contribution in [2.24, 2.45) is 5.41 Å². The summed E-state index contributed by atoms with van der Waals surface area (Å²) in [6.45, 7) is 9.91. The maximum absolute atomic E-state index is 3.40. The summed E-state index contributed by atoms with van der Waals surface area (Å²) < 4.78 is 0. The van der Waals surface area contributed by atoms with Crippen LogP contribution in [0, 0.1) is 5.41 Å². The van der Waals surface area contributed by atoms with Crippen LogP contribution in [0.25, 0.3) is 0 Å². The molecule has 9 heavy (non-hydrogen) atoms. The molecule has 54 valence electrons. The molecule has 0 bridgehead atoms. The maximum Gasteiger partial charge on any atom is 0.0226 e. The molecular weight excluding hydrogens is 110 g/mol. The van der Waals surface area contributed by atoms with Gasteiger partial charge in [0.2, 0.25) is 0 Å². The Kier molecular flexibility index (Phi) is 1.35. The third-order valence-electron chi connectivity index (χ3n) is 2.82. The first-order valence-electron chi connectivity index (χ1n) is 3.91. The second kappa shape index (κ2) is 1.72. The van der Waals surface area contributed by atoms with E-state index in [0.29, 0.717) is 11.0 Å². The smallest absolute Gasteiger partial charge is 0.0226 e. The summed E-state index contributed by atoms with van der Waals surface area (Å²) in [6.07, 6.45) is 1.40. The third-order valence-corrected chi connectivity index (χ3v) is 2.82. The van der Waals surface area contributed by atoms with Crippen LogP contribution in [0.1, 0.15) is 34.1 Å². The van der Waals surface area contributed by atoms with Gasteiger partial charge in [0.25, 0.3) is 0 Å². The molecule has 2 rings (SSSR count). The molecule has 1 aliphatic carbocycles. The third kappa shape index (κ3) is 0.710. The first-order valence-corrected chi connectivity index (χ1v) is 3.91. The molecule has 2 atom stereocenters. The van der Waals surface area contributed by atoms with Crippen LogP contribution in [0.15, 0.2) is 0 Å². The fourth-order valence-corrected chi connectivity index (χ4v) is 1.55. The summed E-state index contributed by atoms with van der Waals surface area (Å²) in [5.74, 6) is 0. The van der Waals surface area contributed by atoms with Gasteiger partial charge in [0, 0.05) is 12.1 Å². The summed E-state index contributed by atoms with van der Waals surface area (Å²) in [6, 6.07) is 0. The SMILES string of the molecule is CC.CC12CNC1(C)C2. The highest BCUT2D eigenvalue weighted by molar-refractivity contribution is 5.25. The van der Waals surface area contributed by atoms with Gasteiger partial charge in [0.1, 0.15) is 0 Å². The number of rotatable bonds is 0. The Morgan fingerprint density at radius 1 is 1.22 bits per heavy atom. The van der Waals surface area contributed by atoms with E-state index in [4.69, 9.17) is 0 Å². The zero-order valence-electron chi connectivity index (χ0n) is 6.91. The molecule has 0 aromatic carbocycles. The summed E-state index contributed by atoms with van der Waals surface area (Å²) >= 11 is 0. The van der Waals surface area contributed by atoms with Gasteiger partial charge in [0.05, 0.1) is 0 Å². The fraction of sp³-hybridized carbons (Fsp3) is 1.00. The van der Waals surface area contributed by atoms with Crippen LogP contribution >= 0.6 is 0 Å². The van der Waals surface area contributed by atoms with E-state index in [1.54, 1.807) is 0 Å². The number of nitrogens with one attached hydrogen (secondary N) is 1. The van der Waals surface area contributed by atoms with Crippen LogP contribution in [0.5, 0.6) is 0 Å². The van der Waals surface area contributed by atoms with E-state index in [-0.39, 0.29) is 0 Å². The van der Waals surface area contributed by atoms with Gasteiger partial charge in [-0.25, -0.2) is 0 Å². The lowest BCUT2D eigenvalue weighted by molar-refractivity contribution is 0.273. The van der Waals surface area contributed by atoms with E-state index in [2.05, 4.69) is 19.2 Å². The van der Waals surface area contributed by atoms with Crippen molar-refractivity contribution >= 4 is 0 Å². The molecule has 0 amide bonds. The molecule has 1 saturated heterocycles. The summed E-state index contributed by atoms with van der Waals surface area (Å²) in [5.41, 5.74) is 1.29. The fourth-order valence-electron chi connectivity index (χ4n) is 1.55. The minimum absolute atomic E-state index is 0.576. The minimum Gasteiger partial charge on any atom is -0.310 e. The van der Waals surface area contributed by atoms with Crippen LogP contribution in [0.4, 0.5) is 0 Å². The van der Waals surface area contributed by atoms with Crippen molar-refractivity contribution in [3.63, 3.8) is 0 Å². The number of fused-ring (bicyclic) bond motifs is 1. The van der Waals surface area contributed by atoms with Crippen LogP contribution in [0.2, 0.25) is 0 Å². The molecule has 0 aromatic heterocycles. The van der Waals surface area contributed by atoms with Gasteiger partial charge in [-0.3, -0.25) is 0 Å². The van der Waals surface area contributed by atoms with Gasteiger partial charge < -0.3 is 5.32 Å². The Labute approximate surface area is 57.8 Å². The topological polar surface area (TPSA) is 12.0 Å². The van der Waals surface area contributed by atoms with E-state index in [9.17, 15) is 0 Å². The predicted octanol–water partition coefficient (Wildman–Crippen LogP) is 1.78. The van der Waals surface area contributed by atoms with E-state index < -0.39 is 0 Å². The Morgan fingerprint density at radius 3 is 1.67 bits per heavy atom. The largest absolute Gasteiger partial charge is 0.310 e. The van der Waals surface area contributed by atoms with Gasteiger partial charge in [0.15, 0.2) is 0 Å². The van der Waals surface area contributed by atoms with Crippen molar-refractivity contribution in [2.75, 3.05) is 6.54 Å². The zero-order chi connectivity index (χ0) is 7.12. The van der Waals surface area contributed by atoms with E-state index >= 15 is 0 Å². The molecule has 1 aliphatic heterocycles. The van der Waals surface area contributed by atoms with Crippen molar-refractivity contribution in [3.8, 4) is 0 Å². The van der Waals surface area contributed by atoms with Gasteiger partial charge in [-0.1, -0.05) is 20.8 Å². The Morgan fingerprint density at radius 2 is 1.67 bits per heavy atom. The van der Waals surface area contributed by atoms with Crippen LogP contribution < -0.4 is 5.32 Å². The summed E-state index contributed by atoms with van der Waals surface area (Å²) in [4.78, 5) is 0. The molecule has 0 spiro atoms. The van der Waals surface area contributed by atoms with Crippen molar-refractivity contribution < 1.29 is 0 Å². The molecule has 1 N–H and O–H groups in total. The van der Waals surface area contributed by atoms with Crippen LogP contribution in [0.3, 0.4) is 0 Å². The first-order chi connectivity index (χ1) is 4.16. The van der Waals surface area contributed by atoms with Gasteiger partial charge in [-0.05, 0) is 18.8 Å². The monoisotopic (exact) mass is 127 g/mol. The van der Waals surface area contributed by atoms with Crippen LogP contribution in [-0.2, 0) is 0 Å². The highest BCUT2D eigenvalue weighted by atomic mass is 15.2. The second-order valence-corrected chi connectivity index (χ2v) is 3.42. The number of hydrogen-bond donors (Lipinski definition) is 1. The Bertz CT molecular complexity index is 108. The Balaban J connectivity index is 0.000000186. The summed E-state index contributed by atoms with van der Waals surface area (Å²) in [5, 5.41) is 3.40. The molecule has 2 unspecified atom stereocenters. The zero-order valence-corrected chi connectivity index (χ0v) is 6.91. The Hall–Kier alpha value is -0.0400. The average molecular weight is 127 g/mol. The highest BCUT2D eigenvalue weighted by Gasteiger charge is 2.67. The maximum atomic E-state index is 3.40. The van der Waals surface area contributed by atoms with Crippen molar-refractivity contribution in [1.29, 1.82) is 0 Å². The molecule has 1 nitrogen and oxygen atoms in total. The minimum atomic E-state index is 0.576. The molecular formula is C8H17N. The van der Waals surface area contributed by atoms with E-state index in [0.717, 1.165) is 0 Å². The molecule has 1 heteroatoms. The van der Waals surface area contributed by atoms with Gasteiger partial charge in [-0.15, -0.1) is 0 Å². The lowest BCUT2D eigenvalue weighted by Gasteiger charge is -2.31. The lowest BCUT2D eigenvalue weighted by Crippen LogP contribution is -2.49. The summed E-state index contributed by atoms with van der Waals surface area (Å²) in [7, 11) is 0. The molecule has 2 aliphatic rings. The predicted molar refractivity (Wildman–Crippen MR) is 40.5 cm³/mol. The number of hydrogen-bond acceptors (Lipinski definition) is 1. The molecule has 2 fully saturated rings. The molecule has 1 heterocycles. The van der Waals surface area contributed by atoms with Crippen molar-refractivity contribution in [1.82, 2.24) is 5.32 Å². The van der Waals surface area contributed by atoms with Gasteiger partial charge >= 0.3 is 0 Å². The quantitative estimate of drug-likeness (QED) is 0.523. The second-order valence-electron chi connectivity index (χ2n) is 3.42. The van der Waals surface area contributed by atoms with E-state index in [1.165, 1.54) is 13.0 Å². The van der Waals surface area contributed by atoms with Crippen LogP contribution in [-0.4, -0.2) is 12.1 Å². The molecule has 0 aromatic rings. The molecule has 0 radical (unpaired) electrons. The lowest BCUT2D eigenvalue weighted by atomic mass is 9.96. The standard InChI is InChI=1S/C6H11N.C2H6/c1-5-3-6(5,2)7-4-5;1-2/h7H,3-4H2,1-2H3;1-2H3. The van der Waals surface area contributed by atoms with Crippen molar-refractivity contribution in [3.05, 3.63) is 0 Å². The van der Waals surface area contributed by atoms with Gasteiger partial charge in [-0.2, -0.15) is 0 Å².